The maximum Gasteiger partial charge on any atom is 0.410 e. The predicted octanol–water partition coefficient (Wildman–Crippen LogP) is 1.32. The van der Waals surface area contributed by atoms with Gasteiger partial charge in [0.15, 0.2) is 0 Å². The van der Waals surface area contributed by atoms with Crippen molar-refractivity contribution in [2.75, 3.05) is 26.2 Å². The average Bonchev–Trinajstić information content (AvgIpc) is 3.29. The first-order valence-corrected chi connectivity index (χ1v) is 12.1. The maximum atomic E-state index is 13.1. The fourth-order valence-corrected chi connectivity index (χ4v) is 4.29. The summed E-state index contributed by atoms with van der Waals surface area (Å²) in [6.45, 7) is 6.16. The van der Waals surface area contributed by atoms with E-state index in [2.05, 4.69) is 15.6 Å². The number of aromatic nitrogens is 2. The van der Waals surface area contributed by atoms with Crippen LogP contribution in [-0.4, -0.2) is 92.5 Å². The molecule has 2 atom stereocenters. The number of aliphatic hydroxyl groups is 1. The van der Waals surface area contributed by atoms with Crippen LogP contribution in [0.5, 0.6) is 0 Å². The normalized spacial score (nSPS) is 20.5. The Balaban J connectivity index is 1.64. The summed E-state index contributed by atoms with van der Waals surface area (Å²) in [5.41, 5.74) is -0.665. The fourth-order valence-electron chi connectivity index (χ4n) is 4.29. The molecule has 2 aliphatic rings. The number of hydrogen-bond donors (Lipinski definition) is 3. The van der Waals surface area contributed by atoms with E-state index in [9.17, 15) is 19.5 Å². The summed E-state index contributed by atoms with van der Waals surface area (Å²) in [5, 5.41) is 16.1. The molecule has 0 radical (unpaired) electrons. The number of rotatable bonds is 6. The van der Waals surface area contributed by atoms with Crippen LogP contribution in [0.1, 0.15) is 52.9 Å². The number of amides is 4. The van der Waals surface area contributed by atoms with E-state index >= 15 is 0 Å². The van der Waals surface area contributed by atoms with Gasteiger partial charge in [0.1, 0.15) is 11.6 Å². The molecule has 2 fully saturated rings. The number of ether oxygens (including phenoxy) is 1. The standard InChI is InChI=1S/C23H38N6O5/c1-23(2,3)34-22(33)28-11-12-29(21(32)26-17-7-5-4-6-8-17)19(15-28)20(31)25-13-18(30)14-27-10-9-24-16-27/h9-10,16-19,30H,4-8,11-15H2,1-3H3,(H,25,31)(H,26,32)/t18?,19-/m1/s1. The van der Waals surface area contributed by atoms with E-state index in [1.165, 1.54) is 16.2 Å². The van der Waals surface area contributed by atoms with Crippen molar-refractivity contribution in [2.45, 2.75) is 83.2 Å². The molecule has 11 nitrogen and oxygen atoms in total. The summed E-state index contributed by atoms with van der Waals surface area (Å²) < 4.78 is 7.18. The van der Waals surface area contributed by atoms with Gasteiger partial charge < -0.3 is 34.8 Å². The third-order valence-electron chi connectivity index (χ3n) is 6.02. The lowest BCUT2D eigenvalue weighted by atomic mass is 9.95. The van der Waals surface area contributed by atoms with Crippen LogP contribution in [0, 0.1) is 0 Å². The minimum absolute atomic E-state index is 0.0119. The highest BCUT2D eigenvalue weighted by molar-refractivity contribution is 5.88. The third-order valence-corrected chi connectivity index (χ3v) is 6.02. The molecule has 0 spiro atoms. The molecule has 1 unspecified atom stereocenters. The molecule has 0 aromatic carbocycles. The molecule has 1 aliphatic heterocycles. The molecule has 190 valence electrons. The smallest absolute Gasteiger partial charge is 0.410 e. The van der Waals surface area contributed by atoms with Gasteiger partial charge in [-0.05, 0) is 33.6 Å². The summed E-state index contributed by atoms with van der Waals surface area (Å²) in [7, 11) is 0. The molecular weight excluding hydrogens is 440 g/mol. The van der Waals surface area contributed by atoms with Crippen LogP contribution in [-0.2, 0) is 16.1 Å². The molecule has 0 bridgehead atoms. The number of nitrogens with zero attached hydrogens (tertiary/aromatic N) is 4. The second-order valence-electron chi connectivity index (χ2n) is 10.1. The van der Waals surface area contributed by atoms with Crippen molar-refractivity contribution in [3.63, 3.8) is 0 Å². The Kier molecular flexibility index (Phi) is 8.76. The van der Waals surface area contributed by atoms with Crippen LogP contribution in [0.2, 0.25) is 0 Å². The molecule has 1 saturated heterocycles. The van der Waals surface area contributed by atoms with Crippen LogP contribution in [0.3, 0.4) is 0 Å². The first-order chi connectivity index (χ1) is 16.1. The van der Waals surface area contributed by atoms with Gasteiger partial charge in [-0.3, -0.25) is 4.79 Å². The van der Waals surface area contributed by atoms with Crippen molar-refractivity contribution in [1.82, 2.24) is 30.0 Å². The Morgan fingerprint density at radius 3 is 2.56 bits per heavy atom. The van der Waals surface area contributed by atoms with Crippen molar-refractivity contribution in [3.05, 3.63) is 18.7 Å². The van der Waals surface area contributed by atoms with E-state index in [0.717, 1.165) is 25.7 Å². The molecule has 4 amide bonds. The number of aliphatic hydroxyl groups excluding tert-OH is 1. The minimum atomic E-state index is -0.884. The second kappa shape index (κ2) is 11.5. The van der Waals surface area contributed by atoms with Crippen LogP contribution in [0.25, 0.3) is 0 Å². The summed E-state index contributed by atoms with van der Waals surface area (Å²) in [4.78, 5) is 45.7. The first kappa shape index (κ1) is 25.8. The van der Waals surface area contributed by atoms with Gasteiger partial charge in [-0.2, -0.15) is 0 Å². The van der Waals surface area contributed by atoms with Crippen molar-refractivity contribution < 1.29 is 24.2 Å². The summed E-state index contributed by atoms with van der Waals surface area (Å²) in [5.74, 6) is -0.420. The minimum Gasteiger partial charge on any atom is -0.444 e. The van der Waals surface area contributed by atoms with Gasteiger partial charge in [0.25, 0.3) is 0 Å². The van der Waals surface area contributed by atoms with E-state index in [1.54, 1.807) is 44.1 Å². The van der Waals surface area contributed by atoms with Crippen LogP contribution < -0.4 is 10.6 Å². The average molecular weight is 479 g/mol. The highest BCUT2D eigenvalue weighted by atomic mass is 16.6. The van der Waals surface area contributed by atoms with Gasteiger partial charge in [0.05, 0.1) is 25.5 Å². The van der Waals surface area contributed by atoms with E-state index in [-0.39, 0.29) is 44.8 Å². The number of carbonyl (C=O) groups is 3. The molecular formula is C23H38N6O5. The summed E-state index contributed by atoms with van der Waals surface area (Å²) in [6.07, 6.45) is 8.78. The van der Waals surface area contributed by atoms with Gasteiger partial charge in [-0.25, -0.2) is 14.6 Å². The zero-order valence-corrected chi connectivity index (χ0v) is 20.4. The monoisotopic (exact) mass is 478 g/mol. The number of nitrogens with one attached hydrogen (secondary N) is 2. The molecule has 34 heavy (non-hydrogen) atoms. The van der Waals surface area contributed by atoms with Crippen molar-refractivity contribution in [2.24, 2.45) is 0 Å². The maximum absolute atomic E-state index is 13.1. The highest BCUT2D eigenvalue weighted by Gasteiger charge is 2.39. The Labute approximate surface area is 200 Å². The molecule has 1 aromatic rings. The summed E-state index contributed by atoms with van der Waals surface area (Å²) in [6, 6.07) is -1.08. The molecule has 3 N–H and O–H groups in total. The van der Waals surface area contributed by atoms with Crippen molar-refractivity contribution in [3.8, 4) is 0 Å². The Hall–Kier alpha value is -2.82. The molecule has 1 aromatic heterocycles. The van der Waals surface area contributed by atoms with Gasteiger partial charge >= 0.3 is 12.1 Å². The van der Waals surface area contributed by atoms with Crippen molar-refractivity contribution in [1.29, 1.82) is 0 Å². The van der Waals surface area contributed by atoms with Gasteiger partial charge in [0, 0.05) is 38.1 Å². The lowest BCUT2D eigenvalue weighted by Gasteiger charge is -2.41. The quantitative estimate of drug-likeness (QED) is 0.566. The third kappa shape index (κ3) is 7.61. The first-order valence-electron chi connectivity index (χ1n) is 12.1. The number of carbonyl (C=O) groups excluding carboxylic acids is 3. The van der Waals surface area contributed by atoms with Gasteiger partial charge in [-0.1, -0.05) is 19.3 Å². The van der Waals surface area contributed by atoms with E-state index in [4.69, 9.17) is 4.74 Å². The SMILES string of the molecule is CC(C)(C)OC(=O)N1CCN(C(=O)NC2CCCCC2)[C@@H](C(=O)NCC(O)Cn2ccnc2)C1. The zero-order chi connectivity index (χ0) is 24.7. The Bertz CT molecular complexity index is 818. The predicted molar refractivity (Wildman–Crippen MR) is 125 cm³/mol. The molecule has 3 rings (SSSR count). The van der Waals surface area contributed by atoms with Crippen molar-refractivity contribution >= 4 is 18.0 Å². The molecule has 2 heterocycles. The van der Waals surface area contributed by atoms with Crippen LogP contribution >= 0.6 is 0 Å². The van der Waals surface area contributed by atoms with E-state index < -0.39 is 29.7 Å². The number of hydrogen-bond acceptors (Lipinski definition) is 6. The second-order valence-corrected chi connectivity index (χ2v) is 10.1. The number of urea groups is 1. The van der Waals surface area contributed by atoms with Crippen LogP contribution in [0.15, 0.2) is 18.7 Å². The zero-order valence-electron chi connectivity index (χ0n) is 20.4. The van der Waals surface area contributed by atoms with E-state index in [1.807, 2.05) is 0 Å². The molecule has 1 aliphatic carbocycles. The van der Waals surface area contributed by atoms with Gasteiger partial charge in [-0.15, -0.1) is 0 Å². The van der Waals surface area contributed by atoms with E-state index in [0.29, 0.717) is 0 Å². The van der Waals surface area contributed by atoms with Gasteiger partial charge in [0.2, 0.25) is 5.91 Å². The summed E-state index contributed by atoms with van der Waals surface area (Å²) >= 11 is 0. The number of imidazole rings is 1. The highest BCUT2D eigenvalue weighted by Crippen LogP contribution is 2.19. The lowest BCUT2D eigenvalue weighted by Crippen LogP contribution is -2.64. The van der Waals surface area contributed by atoms with Crippen LogP contribution in [0.4, 0.5) is 9.59 Å². The number of piperazine rings is 1. The molecule has 1 saturated carbocycles. The topological polar surface area (TPSA) is 129 Å². The largest absolute Gasteiger partial charge is 0.444 e. The Morgan fingerprint density at radius 2 is 1.91 bits per heavy atom. The molecule has 11 heteroatoms. The Morgan fingerprint density at radius 1 is 1.18 bits per heavy atom. The fraction of sp³-hybridized carbons (Fsp3) is 0.739. The lowest BCUT2D eigenvalue weighted by molar-refractivity contribution is -0.127.